The van der Waals surface area contributed by atoms with Gasteiger partial charge in [0.1, 0.15) is 5.75 Å². The number of rotatable bonds is 7. The summed E-state index contributed by atoms with van der Waals surface area (Å²) < 4.78 is 5.19. The van der Waals surface area contributed by atoms with Crippen LogP contribution in [0.2, 0.25) is 0 Å². The van der Waals surface area contributed by atoms with E-state index in [9.17, 15) is 9.59 Å². The zero-order valence-electron chi connectivity index (χ0n) is 16.0. The maximum Gasteiger partial charge on any atom is 0.228 e. The Balaban J connectivity index is 2.10. The van der Waals surface area contributed by atoms with Crippen molar-refractivity contribution in [2.45, 2.75) is 46.7 Å². The molecule has 2 amide bonds. The van der Waals surface area contributed by atoms with Crippen LogP contribution in [-0.2, 0) is 16.1 Å². The predicted molar refractivity (Wildman–Crippen MR) is 98.2 cm³/mol. The van der Waals surface area contributed by atoms with Crippen LogP contribution < -0.4 is 4.74 Å². The molecule has 0 aromatic heterocycles. The third-order valence-electron chi connectivity index (χ3n) is 4.56. The van der Waals surface area contributed by atoms with Crippen LogP contribution >= 0.6 is 0 Å². The van der Waals surface area contributed by atoms with Crippen molar-refractivity contribution in [3.05, 3.63) is 29.8 Å². The van der Waals surface area contributed by atoms with Crippen molar-refractivity contribution in [3.8, 4) is 5.75 Å². The van der Waals surface area contributed by atoms with Crippen LogP contribution in [0.5, 0.6) is 5.75 Å². The van der Waals surface area contributed by atoms with E-state index in [1.54, 1.807) is 7.11 Å². The Morgan fingerprint density at radius 1 is 1.24 bits per heavy atom. The van der Waals surface area contributed by atoms with Crippen molar-refractivity contribution in [1.29, 1.82) is 0 Å². The van der Waals surface area contributed by atoms with Gasteiger partial charge in [-0.15, -0.1) is 0 Å². The minimum absolute atomic E-state index is 0.0843. The van der Waals surface area contributed by atoms with Crippen LogP contribution in [0.3, 0.4) is 0 Å². The summed E-state index contributed by atoms with van der Waals surface area (Å²) in [6, 6.07) is 7.93. The molecule has 1 aliphatic heterocycles. The first-order valence-electron chi connectivity index (χ1n) is 9.03. The number of ether oxygens (including phenoxy) is 1. The fourth-order valence-electron chi connectivity index (χ4n) is 3.28. The molecular formula is C20H30N2O3. The van der Waals surface area contributed by atoms with Gasteiger partial charge in [-0.1, -0.05) is 26.0 Å². The van der Waals surface area contributed by atoms with Gasteiger partial charge in [0, 0.05) is 32.1 Å². The molecule has 1 fully saturated rings. The van der Waals surface area contributed by atoms with Gasteiger partial charge in [-0.25, -0.2) is 0 Å². The molecule has 1 saturated heterocycles. The molecule has 1 atom stereocenters. The molecule has 0 saturated carbocycles. The highest BCUT2D eigenvalue weighted by atomic mass is 16.5. The average Bonchev–Trinajstić information content (AvgIpc) is 2.96. The number of methoxy groups -OCH3 is 1. The van der Waals surface area contributed by atoms with Gasteiger partial charge in [0.25, 0.3) is 0 Å². The second-order valence-corrected chi connectivity index (χ2v) is 7.50. The van der Waals surface area contributed by atoms with Crippen LogP contribution in [0.25, 0.3) is 0 Å². The van der Waals surface area contributed by atoms with E-state index >= 15 is 0 Å². The number of likely N-dealkylation sites (tertiary alicyclic amines) is 1. The van der Waals surface area contributed by atoms with Crippen LogP contribution in [0.15, 0.2) is 24.3 Å². The van der Waals surface area contributed by atoms with Gasteiger partial charge in [-0.3, -0.25) is 9.59 Å². The molecule has 1 aliphatic rings. The summed E-state index contributed by atoms with van der Waals surface area (Å²) in [5.74, 6) is 1.12. The summed E-state index contributed by atoms with van der Waals surface area (Å²) in [4.78, 5) is 28.9. The van der Waals surface area contributed by atoms with E-state index in [4.69, 9.17) is 4.74 Å². The first-order valence-corrected chi connectivity index (χ1v) is 9.03. The highest BCUT2D eigenvalue weighted by Crippen LogP contribution is 2.24. The van der Waals surface area contributed by atoms with Crippen molar-refractivity contribution in [2.75, 3.05) is 20.2 Å². The normalized spacial score (nSPS) is 17.5. The van der Waals surface area contributed by atoms with Crippen LogP contribution in [-0.4, -0.2) is 47.9 Å². The zero-order chi connectivity index (χ0) is 18.6. The molecule has 0 spiro atoms. The topological polar surface area (TPSA) is 49.9 Å². The first-order chi connectivity index (χ1) is 11.8. The number of hydrogen-bond acceptors (Lipinski definition) is 3. The summed E-state index contributed by atoms with van der Waals surface area (Å²) in [7, 11) is 1.64. The number of hydrogen-bond donors (Lipinski definition) is 0. The standard InChI is InChI=1S/C20H30N2O3/c1-14(2)11-21(12-16-6-8-18(25-5)9-7-16)20(24)17-10-19(23)22(13-17)15(3)4/h6-9,14-15,17H,10-13H2,1-5H3. The first kappa shape index (κ1) is 19.3. The second kappa shape index (κ2) is 8.37. The quantitative estimate of drug-likeness (QED) is 0.763. The maximum atomic E-state index is 13.0. The van der Waals surface area contributed by atoms with Gasteiger partial charge in [0.2, 0.25) is 11.8 Å². The van der Waals surface area contributed by atoms with Gasteiger partial charge in [0.15, 0.2) is 0 Å². The molecule has 25 heavy (non-hydrogen) atoms. The average molecular weight is 346 g/mol. The summed E-state index contributed by atoms with van der Waals surface area (Å²) in [5, 5.41) is 0. The van der Waals surface area contributed by atoms with Crippen molar-refractivity contribution in [3.63, 3.8) is 0 Å². The second-order valence-electron chi connectivity index (χ2n) is 7.50. The Morgan fingerprint density at radius 3 is 2.36 bits per heavy atom. The van der Waals surface area contributed by atoms with Gasteiger partial charge >= 0.3 is 0 Å². The molecular weight excluding hydrogens is 316 g/mol. The molecule has 0 N–H and O–H groups in total. The fraction of sp³-hybridized carbons (Fsp3) is 0.600. The third-order valence-corrected chi connectivity index (χ3v) is 4.56. The van der Waals surface area contributed by atoms with E-state index in [-0.39, 0.29) is 23.8 Å². The number of carbonyl (C=O) groups is 2. The monoisotopic (exact) mass is 346 g/mol. The zero-order valence-corrected chi connectivity index (χ0v) is 16.0. The molecule has 1 aromatic carbocycles. The molecule has 138 valence electrons. The van der Waals surface area contributed by atoms with Crippen molar-refractivity contribution < 1.29 is 14.3 Å². The Morgan fingerprint density at radius 2 is 1.88 bits per heavy atom. The minimum atomic E-state index is -0.230. The van der Waals surface area contributed by atoms with E-state index in [2.05, 4.69) is 13.8 Å². The molecule has 1 unspecified atom stereocenters. The van der Waals surface area contributed by atoms with E-state index in [1.165, 1.54) is 0 Å². The lowest BCUT2D eigenvalue weighted by atomic mass is 10.0. The van der Waals surface area contributed by atoms with Crippen molar-refractivity contribution in [1.82, 2.24) is 9.80 Å². The highest BCUT2D eigenvalue weighted by Gasteiger charge is 2.37. The van der Waals surface area contributed by atoms with Gasteiger partial charge in [0.05, 0.1) is 13.0 Å². The van der Waals surface area contributed by atoms with Crippen LogP contribution in [0, 0.1) is 11.8 Å². The number of nitrogens with zero attached hydrogens (tertiary/aromatic N) is 2. The number of benzene rings is 1. The SMILES string of the molecule is COc1ccc(CN(CC(C)C)C(=O)C2CC(=O)N(C(C)C)C2)cc1. The summed E-state index contributed by atoms with van der Waals surface area (Å²) in [5.41, 5.74) is 1.07. The third kappa shape index (κ3) is 4.97. The van der Waals surface area contributed by atoms with E-state index < -0.39 is 0 Å². The van der Waals surface area contributed by atoms with E-state index in [0.29, 0.717) is 32.0 Å². The smallest absolute Gasteiger partial charge is 0.228 e. The molecule has 0 bridgehead atoms. The number of carbonyl (C=O) groups excluding carboxylic acids is 2. The van der Waals surface area contributed by atoms with Crippen LogP contribution in [0.4, 0.5) is 0 Å². The highest BCUT2D eigenvalue weighted by molar-refractivity contribution is 5.89. The van der Waals surface area contributed by atoms with Crippen LogP contribution in [0.1, 0.15) is 39.7 Å². The summed E-state index contributed by atoms with van der Waals surface area (Å²) in [6.07, 6.45) is 0.328. The number of amides is 2. The Labute approximate surface area is 150 Å². The van der Waals surface area contributed by atoms with Gasteiger partial charge in [-0.2, -0.15) is 0 Å². The molecule has 5 heteroatoms. The van der Waals surface area contributed by atoms with Gasteiger partial charge in [-0.05, 0) is 37.5 Å². The Hall–Kier alpha value is -2.04. The minimum Gasteiger partial charge on any atom is -0.497 e. The molecule has 5 nitrogen and oxygen atoms in total. The van der Waals surface area contributed by atoms with Gasteiger partial charge < -0.3 is 14.5 Å². The molecule has 2 rings (SSSR count). The Kier molecular flexibility index (Phi) is 6.45. The largest absolute Gasteiger partial charge is 0.497 e. The fourth-order valence-corrected chi connectivity index (χ4v) is 3.28. The molecule has 1 heterocycles. The van der Waals surface area contributed by atoms with Crippen molar-refractivity contribution >= 4 is 11.8 Å². The molecule has 0 radical (unpaired) electrons. The van der Waals surface area contributed by atoms with E-state index in [1.807, 2.05) is 47.9 Å². The molecule has 0 aliphatic carbocycles. The van der Waals surface area contributed by atoms with Crippen molar-refractivity contribution in [2.24, 2.45) is 11.8 Å². The molecule has 1 aromatic rings. The predicted octanol–water partition coefficient (Wildman–Crippen LogP) is 2.94. The maximum absolute atomic E-state index is 13.0. The Bertz CT molecular complexity index is 595. The lowest BCUT2D eigenvalue weighted by Crippen LogP contribution is -2.39. The lowest BCUT2D eigenvalue weighted by molar-refractivity contribution is -0.137. The summed E-state index contributed by atoms with van der Waals surface area (Å²) in [6.45, 7) is 9.99. The van der Waals surface area contributed by atoms with E-state index in [0.717, 1.165) is 11.3 Å². The summed E-state index contributed by atoms with van der Waals surface area (Å²) >= 11 is 0. The lowest BCUT2D eigenvalue weighted by Gasteiger charge is -2.28.